The normalized spacial score (nSPS) is 20.2. The molecule has 0 unspecified atom stereocenters. The molecule has 1 aliphatic heterocycles. The average Bonchev–Trinajstić information content (AvgIpc) is 3.11. The van der Waals surface area contributed by atoms with Crippen molar-refractivity contribution in [2.75, 3.05) is 11.9 Å². The summed E-state index contributed by atoms with van der Waals surface area (Å²) in [5, 5.41) is 9.71. The summed E-state index contributed by atoms with van der Waals surface area (Å²) in [6.07, 6.45) is -9.96. The topological polar surface area (TPSA) is 80.5 Å². The highest BCUT2D eigenvalue weighted by molar-refractivity contribution is 5.85. The highest BCUT2D eigenvalue weighted by Gasteiger charge is 2.47. The summed E-state index contributed by atoms with van der Waals surface area (Å²) in [6, 6.07) is 2.21. The number of nitrogens with one attached hydrogen (secondary N) is 1. The van der Waals surface area contributed by atoms with Crippen LogP contribution >= 0.6 is 0 Å². The van der Waals surface area contributed by atoms with Crippen molar-refractivity contribution in [3.05, 3.63) is 30.1 Å². The third kappa shape index (κ3) is 5.20. The molecule has 3 rings (SSSR count). The Morgan fingerprint density at radius 3 is 2.53 bits per heavy atom. The second-order valence-corrected chi connectivity index (χ2v) is 6.58. The van der Waals surface area contributed by atoms with E-state index in [9.17, 15) is 31.1 Å². The summed E-state index contributed by atoms with van der Waals surface area (Å²) in [5.41, 5.74) is 0.359. The van der Waals surface area contributed by atoms with Gasteiger partial charge < -0.3 is 14.6 Å². The minimum absolute atomic E-state index is 0.0447. The average molecular weight is 438 g/mol. The van der Waals surface area contributed by atoms with Crippen molar-refractivity contribution in [3.63, 3.8) is 0 Å². The number of carbonyl (C=O) groups excluding carboxylic acids is 1. The summed E-state index contributed by atoms with van der Waals surface area (Å²) in [5.74, 6) is -1.39. The number of hydrogen-bond acceptors (Lipinski definition) is 6. The van der Waals surface area contributed by atoms with Crippen LogP contribution in [-0.2, 0) is 9.53 Å². The van der Waals surface area contributed by atoms with Gasteiger partial charge in [-0.15, -0.1) is 18.3 Å². The predicted molar refractivity (Wildman–Crippen MR) is 89.8 cm³/mol. The SMILES string of the molecule is C[C@H]1[C@@H](OC(F)(F)F)CN1C(=O)[C@@H](CC(F)F)Nc1nnc(-c2ccc(F)cc2)o1. The molecule has 3 atom stereocenters. The van der Waals surface area contributed by atoms with E-state index in [1.807, 2.05) is 0 Å². The van der Waals surface area contributed by atoms with Crippen LogP contribution in [0.2, 0.25) is 0 Å². The first-order valence-electron chi connectivity index (χ1n) is 8.72. The molecular formula is C17H16F6N4O3. The van der Waals surface area contributed by atoms with Gasteiger partial charge in [0.25, 0.3) is 0 Å². The van der Waals surface area contributed by atoms with Gasteiger partial charge in [-0.3, -0.25) is 9.53 Å². The molecule has 1 aromatic carbocycles. The van der Waals surface area contributed by atoms with Gasteiger partial charge in [0.05, 0.1) is 6.04 Å². The molecule has 1 amide bonds. The lowest BCUT2D eigenvalue weighted by Crippen LogP contribution is -2.65. The first kappa shape index (κ1) is 21.9. The van der Waals surface area contributed by atoms with Crippen molar-refractivity contribution in [3.8, 4) is 11.5 Å². The number of amides is 1. The van der Waals surface area contributed by atoms with E-state index in [0.717, 1.165) is 17.0 Å². The quantitative estimate of drug-likeness (QED) is 0.668. The fourth-order valence-corrected chi connectivity index (χ4v) is 2.91. The highest BCUT2D eigenvalue weighted by atomic mass is 19.4. The molecule has 0 aliphatic carbocycles. The standard InChI is InChI=1S/C17H16F6N4O3/c1-8-12(30-17(21,22)23)7-27(8)15(28)11(6-13(19)20)24-16-26-25-14(29-16)9-2-4-10(18)5-3-9/h2-5,8,11-13H,6-7H2,1H3,(H,24,26)/t8-,11+,12-/m0/s1. The van der Waals surface area contributed by atoms with E-state index < -0.39 is 55.7 Å². The zero-order chi connectivity index (χ0) is 22.1. The molecular weight excluding hydrogens is 422 g/mol. The summed E-state index contributed by atoms with van der Waals surface area (Å²) >= 11 is 0. The lowest BCUT2D eigenvalue weighted by Gasteiger charge is -2.46. The van der Waals surface area contributed by atoms with Crippen LogP contribution in [0.1, 0.15) is 13.3 Å². The second-order valence-electron chi connectivity index (χ2n) is 6.58. The molecule has 1 N–H and O–H groups in total. The van der Waals surface area contributed by atoms with Gasteiger partial charge in [-0.2, -0.15) is 0 Å². The van der Waals surface area contributed by atoms with Crippen LogP contribution < -0.4 is 5.32 Å². The molecule has 0 bridgehead atoms. The van der Waals surface area contributed by atoms with E-state index in [0.29, 0.717) is 5.56 Å². The molecule has 0 radical (unpaired) electrons. The predicted octanol–water partition coefficient (Wildman–Crippen LogP) is 3.45. The van der Waals surface area contributed by atoms with Crippen molar-refractivity contribution in [2.24, 2.45) is 0 Å². The monoisotopic (exact) mass is 438 g/mol. The fraction of sp³-hybridized carbons (Fsp3) is 0.471. The van der Waals surface area contributed by atoms with Crippen LogP contribution in [0.3, 0.4) is 0 Å². The van der Waals surface area contributed by atoms with E-state index >= 15 is 0 Å². The Morgan fingerprint density at radius 1 is 1.30 bits per heavy atom. The van der Waals surface area contributed by atoms with E-state index in [2.05, 4.69) is 20.3 Å². The molecule has 0 saturated carbocycles. The van der Waals surface area contributed by atoms with Gasteiger partial charge in [0.2, 0.25) is 18.2 Å². The van der Waals surface area contributed by atoms with Crippen LogP contribution in [0.25, 0.3) is 11.5 Å². The van der Waals surface area contributed by atoms with E-state index in [-0.39, 0.29) is 11.9 Å². The Hall–Kier alpha value is -2.83. The number of benzene rings is 1. The molecule has 1 saturated heterocycles. The Kier molecular flexibility index (Phi) is 6.19. The fourth-order valence-electron chi connectivity index (χ4n) is 2.91. The minimum Gasteiger partial charge on any atom is -0.403 e. The number of likely N-dealkylation sites (tertiary alicyclic amines) is 1. The Bertz CT molecular complexity index is 873. The van der Waals surface area contributed by atoms with Crippen LogP contribution in [-0.4, -0.2) is 58.5 Å². The molecule has 2 heterocycles. The van der Waals surface area contributed by atoms with Gasteiger partial charge in [0.15, 0.2) is 0 Å². The molecule has 164 valence electrons. The highest BCUT2D eigenvalue weighted by Crippen LogP contribution is 2.30. The first-order chi connectivity index (χ1) is 14.0. The number of hydrogen-bond donors (Lipinski definition) is 1. The van der Waals surface area contributed by atoms with Gasteiger partial charge in [0, 0.05) is 18.5 Å². The summed E-state index contributed by atoms with van der Waals surface area (Å²) < 4.78 is 85.0. The zero-order valence-corrected chi connectivity index (χ0v) is 15.4. The Labute approximate surface area is 166 Å². The molecule has 30 heavy (non-hydrogen) atoms. The zero-order valence-electron chi connectivity index (χ0n) is 15.4. The molecule has 1 aliphatic rings. The lowest BCUT2D eigenvalue weighted by atomic mass is 9.98. The molecule has 2 aromatic rings. The van der Waals surface area contributed by atoms with Crippen molar-refractivity contribution >= 4 is 11.9 Å². The van der Waals surface area contributed by atoms with Gasteiger partial charge in [0.1, 0.15) is 18.0 Å². The second kappa shape index (κ2) is 8.50. The smallest absolute Gasteiger partial charge is 0.403 e. The number of alkyl halides is 5. The number of nitrogens with zero attached hydrogens (tertiary/aromatic N) is 3. The van der Waals surface area contributed by atoms with Crippen LogP contribution in [0.15, 0.2) is 28.7 Å². The molecule has 13 heteroatoms. The van der Waals surface area contributed by atoms with E-state index in [4.69, 9.17) is 4.42 Å². The molecule has 0 spiro atoms. The van der Waals surface area contributed by atoms with E-state index in [1.54, 1.807) is 0 Å². The maximum atomic E-state index is 13.0. The number of anilines is 1. The number of rotatable bonds is 7. The van der Waals surface area contributed by atoms with Crippen LogP contribution in [0.4, 0.5) is 32.4 Å². The van der Waals surface area contributed by atoms with Gasteiger partial charge in [-0.1, -0.05) is 5.10 Å². The number of carbonyl (C=O) groups is 1. The van der Waals surface area contributed by atoms with Crippen molar-refractivity contribution in [1.82, 2.24) is 15.1 Å². The summed E-state index contributed by atoms with van der Waals surface area (Å²) in [6.45, 7) is 0.919. The number of aromatic nitrogens is 2. The Morgan fingerprint density at radius 2 is 1.97 bits per heavy atom. The molecule has 7 nitrogen and oxygen atoms in total. The van der Waals surface area contributed by atoms with Crippen molar-refractivity contribution in [2.45, 2.75) is 44.3 Å². The third-order valence-electron chi connectivity index (χ3n) is 4.50. The minimum atomic E-state index is -4.87. The number of halogens is 6. The lowest BCUT2D eigenvalue weighted by molar-refractivity contribution is -0.359. The van der Waals surface area contributed by atoms with Crippen LogP contribution in [0, 0.1) is 5.82 Å². The van der Waals surface area contributed by atoms with Crippen molar-refractivity contribution < 1.29 is 40.3 Å². The van der Waals surface area contributed by atoms with Crippen LogP contribution in [0.5, 0.6) is 0 Å². The summed E-state index contributed by atoms with van der Waals surface area (Å²) in [4.78, 5) is 13.6. The largest absolute Gasteiger partial charge is 0.522 e. The van der Waals surface area contributed by atoms with Gasteiger partial charge >= 0.3 is 12.4 Å². The maximum Gasteiger partial charge on any atom is 0.522 e. The molecule has 1 aromatic heterocycles. The summed E-state index contributed by atoms with van der Waals surface area (Å²) in [7, 11) is 0. The first-order valence-corrected chi connectivity index (χ1v) is 8.72. The Balaban J connectivity index is 1.68. The van der Waals surface area contributed by atoms with E-state index in [1.165, 1.54) is 19.1 Å². The molecule has 1 fully saturated rings. The van der Waals surface area contributed by atoms with Gasteiger partial charge in [-0.25, -0.2) is 13.2 Å². The van der Waals surface area contributed by atoms with Crippen molar-refractivity contribution in [1.29, 1.82) is 0 Å². The number of ether oxygens (including phenoxy) is 1. The third-order valence-corrected chi connectivity index (χ3v) is 4.50. The maximum absolute atomic E-state index is 13.0. The van der Waals surface area contributed by atoms with Gasteiger partial charge in [-0.05, 0) is 31.2 Å².